The van der Waals surface area contributed by atoms with Crippen LogP contribution in [0, 0.1) is 5.41 Å². The van der Waals surface area contributed by atoms with Gasteiger partial charge in [0.1, 0.15) is 0 Å². The molecule has 0 spiro atoms. The fourth-order valence-electron chi connectivity index (χ4n) is 2.11. The minimum atomic E-state index is -0.493. The number of hydrogen-bond acceptors (Lipinski definition) is 3. The molecule has 0 saturated heterocycles. The van der Waals surface area contributed by atoms with E-state index in [1.807, 2.05) is 13.8 Å². The summed E-state index contributed by atoms with van der Waals surface area (Å²) in [6, 6.07) is 6.87. The third-order valence-electron chi connectivity index (χ3n) is 3.92. The van der Waals surface area contributed by atoms with Crippen molar-refractivity contribution in [3.8, 4) is 0 Å². The molecule has 118 valence electrons. The highest BCUT2D eigenvalue weighted by Gasteiger charge is 2.32. The molecule has 0 aliphatic heterocycles. The first-order valence-corrected chi connectivity index (χ1v) is 6.86. The Bertz CT molecular complexity index is 462. The summed E-state index contributed by atoms with van der Waals surface area (Å²) in [7, 11) is 0. The van der Waals surface area contributed by atoms with Crippen LogP contribution in [0.2, 0.25) is 0 Å². The molecular weight excluding hydrogens is 290 g/mol. The fourth-order valence-corrected chi connectivity index (χ4v) is 2.11. The van der Waals surface area contributed by atoms with E-state index in [9.17, 15) is 9.59 Å². The van der Waals surface area contributed by atoms with E-state index in [-0.39, 0.29) is 18.3 Å². The largest absolute Gasteiger partial charge is 0.366 e. The summed E-state index contributed by atoms with van der Waals surface area (Å²) < 4.78 is 0. The number of hydrogen-bond donors (Lipinski definition) is 3. The van der Waals surface area contributed by atoms with Crippen LogP contribution in [0.15, 0.2) is 24.3 Å². The second kappa shape index (κ2) is 8.64. The zero-order chi connectivity index (χ0) is 15.2. The number of halogens is 1. The summed E-state index contributed by atoms with van der Waals surface area (Å²) in [6.45, 7) is 4.70. The van der Waals surface area contributed by atoms with Gasteiger partial charge < -0.3 is 16.8 Å². The zero-order valence-electron chi connectivity index (χ0n) is 12.5. The summed E-state index contributed by atoms with van der Waals surface area (Å²) in [5.41, 5.74) is 11.8. The van der Waals surface area contributed by atoms with E-state index in [0.29, 0.717) is 31.5 Å². The average molecular weight is 314 g/mol. The van der Waals surface area contributed by atoms with Gasteiger partial charge in [0, 0.05) is 18.7 Å². The van der Waals surface area contributed by atoms with Gasteiger partial charge in [0.25, 0.3) is 0 Å². The van der Waals surface area contributed by atoms with Gasteiger partial charge in [-0.15, -0.1) is 12.4 Å². The van der Waals surface area contributed by atoms with Crippen LogP contribution in [-0.4, -0.2) is 18.4 Å². The number of nitrogens with two attached hydrogens (primary N) is 2. The molecule has 5 nitrogen and oxygen atoms in total. The smallest absolute Gasteiger partial charge is 0.248 e. The molecule has 0 bridgehead atoms. The van der Waals surface area contributed by atoms with Crippen LogP contribution >= 0.6 is 12.4 Å². The number of nitrogens with one attached hydrogen (secondary N) is 1. The molecule has 1 aromatic rings. The maximum atomic E-state index is 12.2. The molecule has 1 rings (SSSR count). The minimum Gasteiger partial charge on any atom is -0.366 e. The summed E-state index contributed by atoms with van der Waals surface area (Å²) in [5, 5.41) is 2.91. The normalized spacial score (nSPS) is 10.6. The monoisotopic (exact) mass is 313 g/mol. The molecule has 1 aromatic carbocycles. The number of rotatable bonds is 7. The Morgan fingerprint density at radius 2 is 1.67 bits per heavy atom. The molecule has 5 N–H and O–H groups in total. The van der Waals surface area contributed by atoms with Crippen molar-refractivity contribution in [2.24, 2.45) is 16.9 Å². The van der Waals surface area contributed by atoms with Gasteiger partial charge in [-0.3, -0.25) is 9.59 Å². The molecule has 0 aliphatic rings. The highest BCUT2D eigenvalue weighted by Crippen LogP contribution is 2.25. The topological polar surface area (TPSA) is 98.2 Å². The Balaban J connectivity index is 0.00000400. The minimum absolute atomic E-state index is 0. The van der Waals surface area contributed by atoms with Crippen molar-refractivity contribution in [2.45, 2.75) is 33.2 Å². The molecule has 0 atom stereocenters. The molecule has 0 heterocycles. The molecule has 21 heavy (non-hydrogen) atoms. The predicted molar refractivity (Wildman–Crippen MR) is 86.1 cm³/mol. The van der Waals surface area contributed by atoms with E-state index in [1.54, 1.807) is 24.3 Å². The maximum absolute atomic E-state index is 12.2. The summed E-state index contributed by atoms with van der Waals surface area (Å²) >= 11 is 0. The molecule has 0 unspecified atom stereocenters. The Morgan fingerprint density at radius 1 is 1.14 bits per heavy atom. The molecule has 0 radical (unpaired) electrons. The Kier molecular flexibility index (Phi) is 7.99. The number of carbonyl (C=O) groups is 2. The lowest BCUT2D eigenvalue weighted by atomic mass is 9.81. The molecule has 0 saturated carbocycles. The van der Waals surface area contributed by atoms with Crippen LogP contribution in [0.4, 0.5) is 0 Å². The Morgan fingerprint density at radius 3 is 2.05 bits per heavy atom. The first kappa shape index (κ1) is 19.4. The van der Waals surface area contributed by atoms with Crippen molar-refractivity contribution in [2.75, 3.05) is 6.54 Å². The maximum Gasteiger partial charge on any atom is 0.248 e. The van der Waals surface area contributed by atoms with Crippen LogP contribution in [0.25, 0.3) is 0 Å². The zero-order valence-corrected chi connectivity index (χ0v) is 13.3. The summed E-state index contributed by atoms with van der Waals surface area (Å²) in [5.74, 6) is -0.483. The third-order valence-corrected chi connectivity index (χ3v) is 3.92. The van der Waals surface area contributed by atoms with Crippen LogP contribution in [0.3, 0.4) is 0 Å². The van der Waals surface area contributed by atoms with Crippen molar-refractivity contribution in [1.82, 2.24) is 5.32 Å². The second-order valence-corrected chi connectivity index (χ2v) is 4.94. The van der Waals surface area contributed by atoms with Gasteiger partial charge >= 0.3 is 0 Å². The molecule has 0 aliphatic carbocycles. The lowest BCUT2D eigenvalue weighted by Crippen LogP contribution is -2.45. The number of amides is 2. The molecule has 0 fully saturated rings. The number of primary amides is 1. The first-order chi connectivity index (χ1) is 9.49. The number of carbonyl (C=O) groups excluding carboxylic acids is 2. The van der Waals surface area contributed by atoms with E-state index < -0.39 is 11.3 Å². The van der Waals surface area contributed by atoms with Gasteiger partial charge in [-0.2, -0.15) is 0 Å². The highest BCUT2D eigenvalue weighted by molar-refractivity contribution is 5.92. The van der Waals surface area contributed by atoms with E-state index in [0.717, 1.165) is 5.56 Å². The van der Waals surface area contributed by atoms with Crippen LogP contribution < -0.4 is 16.8 Å². The van der Waals surface area contributed by atoms with Crippen molar-refractivity contribution in [1.29, 1.82) is 0 Å². The van der Waals surface area contributed by atoms with E-state index >= 15 is 0 Å². The lowest BCUT2D eigenvalue weighted by molar-refractivity contribution is -0.131. The van der Waals surface area contributed by atoms with Gasteiger partial charge in [0.2, 0.25) is 11.8 Å². The van der Waals surface area contributed by atoms with Crippen molar-refractivity contribution in [3.05, 3.63) is 35.4 Å². The van der Waals surface area contributed by atoms with Gasteiger partial charge in [-0.1, -0.05) is 26.0 Å². The SMILES string of the molecule is CCC(CC)(CN)C(=O)NCc1ccc(C(N)=O)cc1.Cl. The van der Waals surface area contributed by atoms with Crippen LogP contribution in [0.5, 0.6) is 0 Å². The molecule has 6 heteroatoms. The first-order valence-electron chi connectivity index (χ1n) is 6.86. The second-order valence-electron chi connectivity index (χ2n) is 4.94. The predicted octanol–water partition coefficient (Wildman–Crippen LogP) is 1.59. The van der Waals surface area contributed by atoms with Gasteiger partial charge in [0.15, 0.2) is 0 Å². The van der Waals surface area contributed by atoms with E-state index in [1.165, 1.54) is 0 Å². The van der Waals surface area contributed by atoms with Gasteiger partial charge in [-0.05, 0) is 30.5 Å². The summed E-state index contributed by atoms with van der Waals surface area (Å²) in [4.78, 5) is 23.2. The highest BCUT2D eigenvalue weighted by atomic mass is 35.5. The van der Waals surface area contributed by atoms with Crippen LogP contribution in [-0.2, 0) is 11.3 Å². The van der Waals surface area contributed by atoms with Crippen molar-refractivity contribution < 1.29 is 9.59 Å². The Labute approximate surface area is 131 Å². The van der Waals surface area contributed by atoms with E-state index in [2.05, 4.69) is 5.32 Å². The van der Waals surface area contributed by atoms with Crippen molar-refractivity contribution in [3.63, 3.8) is 0 Å². The fraction of sp³-hybridized carbons (Fsp3) is 0.467. The molecule has 0 aromatic heterocycles. The Hall–Kier alpha value is -1.59. The lowest BCUT2D eigenvalue weighted by Gasteiger charge is -2.28. The van der Waals surface area contributed by atoms with Crippen LogP contribution in [0.1, 0.15) is 42.6 Å². The molecule has 2 amide bonds. The standard InChI is InChI=1S/C15H23N3O2.ClH/c1-3-15(4-2,10-16)14(20)18-9-11-5-7-12(8-6-11)13(17)19;/h5-8H,3-4,9-10,16H2,1-2H3,(H2,17,19)(H,18,20);1H. The van der Waals surface area contributed by atoms with Crippen molar-refractivity contribution >= 4 is 24.2 Å². The third kappa shape index (κ3) is 4.72. The van der Waals surface area contributed by atoms with E-state index in [4.69, 9.17) is 11.5 Å². The quantitative estimate of drug-likeness (QED) is 0.713. The number of benzene rings is 1. The molecular formula is C15H24ClN3O2. The summed E-state index contributed by atoms with van der Waals surface area (Å²) in [6.07, 6.45) is 1.43. The average Bonchev–Trinajstić information content (AvgIpc) is 2.48. The van der Waals surface area contributed by atoms with Gasteiger partial charge in [-0.25, -0.2) is 0 Å². The van der Waals surface area contributed by atoms with Gasteiger partial charge in [0.05, 0.1) is 5.41 Å².